The Labute approximate surface area is 45.9 Å². The molecule has 0 heterocycles. The Balaban J connectivity index is 2.65. The largest absolute Gasteiger partial charge is 0.0840 e. The molecule has 1 aliphatic carbocycles. The van der Waals surface area contributed by atoms with Crippen LogP contribution in [0.1, 0.15) is 14.7 Å². The van der Waals surface area contributed by atoms with Crippen LogP contribution in [0.15, 0.2) is 24.3 Å². The quantitative estimate of drug-likeness (QED) is 0.432. The zero-order valence-electron chi connectivity index (χ0n) is 5.52. The first-order chi connectivity index (χ1) is 3.71. The monoisotopic (exact) mass is 95.1 g/mol. The van der Waals surface area contributed by atoms with Gasteiger partial charge in [-0.15, -0.1) is 0 Å². The summed E-state index contributed by atoms with van der Waals surface area (Å²) < 4.78 is 7.49. The molecule has 0 saturated carbocycles. The van der Waals surface area contributed by atoms with E-state index in [-0.39, 0.29) is 5.89 Å². The van der Waals surface area contributed by atoms with Crippen molar-refractivity contribution < 1.29 is 1.37 Å². The Morgan fingerprint density at radius 1 is 1.71 bits per heavy atom. The lowest BCUT2D eigenvalue weighted by Crippen LogP contribution is -1.87. The second kappa shape index (κ2) is 1.97. The van der Waals surface area contributed by atoms with Gasteiger partial charge >= 0.3 is 0 Å². The fourth-order valence-corrected chi connectivity index (χ4v) is 0.620. The normalized spacial score (nSPS) is 41.0. The molecule has 1 rings (SSSR count). The van der Waals surface area contributed by atoms with Crippen LogP contribution < -0.4 is 0 Å². The third-order valence-corrected chi connectivity index (χ3v) is 1.07. The summed E-state index contributed by atoms with van der Waals surface area (Å²) in [6.07, 6.45) is 8.69. The van der Waals surface area contributed by atoms with Crippen molar-refractivity contribution in [1.82, 2.24) is 0 Å². The summed E-state index contributed by atoms with van der Waals surface area (Å²) in [5.41, 5.74) is 0. The minimum atomic E-state index is -0.339. The molecule has 0 aromatic carbocycles. The zero-order valence-corrected chi connectivity index (χ0v) is 4.52. The van der Waals surface area contributed by atoms with Gasteiger partial charge in [-0.05, 0) is 12.3 Å². The molecule has 0 fully saturated rings. The molecule has 0 aromatic rings. The van der Waals surface area contributed by atoms with Gasteiger partial charge < -0.3 is 0 Å². The van der Waals surface area contributed by atoms with Gasteiger partial charge in [0.05, 0.1) is 0 Å². The standard InChI is InChI=1S/C7H10/c1-7-5-3-2-4-6-7/h2-5,7H,6H2,1H3/i7D. The first-order valence-electron chi connectivity index (χ1n) is 3.05. The minimum absolute atomic E-state index is 0.339. The molecule has 0 N–H and O–H groups in total. The predicted molar refractivity (Wildman–Crippen MR) is 32.1 cm³/mol. The van der Waals surface area contributed by atoms with E-state index >= 15 is 0 Å². The molecule has 38 valence electrons. The van der Waals surface area contributed by atoms with Gasteiger partial charge in [0.2, 0.25) is 0 Å². The highest BCUT2D eigenvalue weighted by atomic mass is 14.0. The predicted octanol–water partition coefficient (Wildman–Crippen LogP) is 2.14. The third-order valence-electron chi connectivity index (χ3n) is 1.07. The van der Waals surface area contributed by atoms with Crippen LogP contribution in [0, 0.1) is 5.89 Å². The van der Waals surface area contributed by atoms with E-state index in [9.17, 15) is 0 Å². The number of allylic oxidation sites excluding steroid dienone is 4. The average molecular weight is 95.2 g/mol. The van der Waals surface area contributed by atoms with Crippen LogP contribution >= 0.6 is 0 Å². The van der Waals surface area contributed by atoms with Crippen molar-refractivity contribution in [1.29, 1.82) is 0 Å². The summed E-state index contributed by atoms with van der Waals surface area (Å²) in [5.74, 6) is -0.339. The molecule has 0 heteroatoms. The van der Waals surface area contributed by atoms with E-state index in [4.69, 9.17) is 1.37 Å². The van der Waals surface area contributed by atoms with Crippen LogP contribution in [0.4, 0.5) is 0 Å². The van der Waals surface area contributed by atoms with E-state index in [1.807, 2.05) is 31.2 Å². The molecule has 1 aliphatic rings. The first kappa shape index (κ1) is 3.48. The summed E-state index contributed by atoms with van der Waals surface area (Å²) in [4.78, 5) is 0. The Bertz CT molecular complexity index is 131. The molecule has 1 atom stereocenters. The summed E-state index contributed by atoms with van der Waals surface area (Å²) >= 11 is 0. The fraction of sp³-hybridized carbons (Fsp3) is 0.429. The Hall–Kier alpha value is -0.520. The van der Waals surface area contributed by atoms with E-state index in [1.54, 1.807) is 0 Å². The second-order valence-corrected chi connectivity index (χ2v) is 1.84. The van der Waals surface area contributed by atoms with E-state index in [0.717, 1.165) is 6.42 Å². The Morgan fingerprint density at radius 3 is 2.86 bits per heavy atom. The van der Waals surface area contributed by atoms with Crippen LogP contribution in [0.25, 0.3) is 0 Å². The van der Waals surface area contributed by atoms with Crippen molar-refractivity contribution in [2.24, 2.45) is 5.89 Å². The maximum absolute atomic E-state index is 7.49. The number of hydrogen-bond acceptors (Lipinski definition) is 0. The lowest BCUT2D eigenvalue weighted by molar-refractivity contribution is 0.737. The zero-order chi connectivity index (χ0) is 6.04. The van der Waals surface area contributed by atoms with Crippen molar-refractivity contribution in [2.75, 3.05) is 0 Å². The van der Waals surface area contributed by atoms with E-state index in [1.165, 1.54) is 0 Å². The molecular weight excluding hydrogens is 84.1 g/mol. The van der Waals surface area contributed by atoms with Gasteiger partial charge in [0.25, 0.3) is 0 Å². The molecule has 0 nitrogen and oxygen atoms in total. The first-order valence-corrected chi connectivity index (χ1v) is 2.55. The summed E-state index contributed by atoms with van der Waals surface area (Å²) in [6, 6.07) is 0. The molecule has 0 spiro atoms. The van der Waals surface area contributed by atoms with E-state index < -0.39 is 0 Å². The van der Waals surface area contributed by atoms with Crippen LogP contribution in [-0.4, -0.2) is 0 Å². The molecule has 0 aliphatic heterocycles. The van der Waals surface area contributed by atoms with E-state index in [2.05, 4.69) is 0 Å². The second-order valence-electron chi connectivity index (χ2n) is 1.84. The van der Waals surface area contributed by atoms with Gasteiger partial charge in [-0.25, -0.2) is 0 Å². The molecular formula is C7H10. The Morgan fingerprint density at radius 2 is 2.57 bits per heavy atom. The van der Waals surface area contributed by atoms with Crippen LogP contribution in [0.3, 0.4) is 0 Å². The molecule has 0 amide bonds. The van der Waals surface area contributed by atoms with Gasteiger partial charge in [0.15, 0.2) is 0 Å². The topological polar surface area (TPSA) is 0 Å². The Kier molecular flexibility index (Phi) is 0.977. The maximum Gasteiger partial charge on any atom is 0.0346 e. The molecule has 0 bridgehead atoms. The summed E-state index contributed by atoms with van der Waals surface area (Å²) in [7, 11) is 0. The van der Waals surface area contributed by atoms with Crippen LogP contribution in [-0.2, 0) is 0 Å². The lowest BCUT2D eigenvalue weighted by Gasteiger charge is -2.02. The van der Waals surface area contributed by atoms with Crippen molar-refractivity contribution in [3.8, 4) is 0 Å². The minimum Gasteiger partial charge on any atom is -0.0840 e. The van der Waals surface area contributed by atoms with Crippen LogP contribution in [0.5, 0.6) is 0 Å². The molecule has 0 saturated heterocycles. The number of hydrogen-bond donors (Lipinski definition) is 0. The molecule has 1 unspecified atom stereocenters. The van der Waals surface area contributed by atoms with Crippen molar-refractivity contribution in [3.05, 3.63) is 24.3 Å². The number of rotatable bonds is 0. The van der Waals surface area contributed by atoms with Crippen molar-refractivity contribution in [3.63, 3.8) is 0 Å². The smallest absolute Gasteiger partial charge is 0.0346 e. The fourth-order valence-electron chi connectivity index (χ4n) is 0.620. The van der Waals surface area contributed by atoms with Gasteiger partial charge in [-0.2, -0.15) is 0 Å². The van der Waals surface area contributed by atoms with Gasteiger partial charge in [0.1, 0.15) is 0 Å². The molecule has 0 aromatic heterocycles. The molecule has 7 heavy (non-hydrogen) atoms. The van der Waals surface area contributed by atoms with Gasteiger partial charge in [-0.3, -0.25) is 0 Å². The summed E-state index contributed by atoms with van der Waals surface area (Å²) in [5, 5.41) is 0. The lowest BCUT2D eigenvalue weighted by atomic mass is 10.0. The van der Waals surface area contributed by atoms with Gasteiger partial charge in [0, 0.05) is 1.37 Å². The van der Waals surface area contributed by atoms with Gasteiger partial charge in [-0.1, -0.05) is 31.2 Å². The SMILES string of the molecule is [2H]C1(C)C=CC=CC1. The highest BCUT2D eigenvalue weighted by Gasteiger charge is 1.93. The third kappa shape index (κ3) is 1.19. The van der Waals surface area contributed by atoms with Crippen LogP contribution in [0.2, 0.25) is 0 Å². The van der Waals surface area contributed by atoms with E-state index in [0.29, 0.717) is 0 Å². The highest BCUT2D eigenvalue weighted by molar-refractivity contribution is 5.09. The summed E-state index contributed by atoms with van der Waals surface area (Å²) in [6.45, 7) is 1.91. The average Bonchev–Trinajstić information content (AvgIpc) is 1.65. The highest BCUT2D eigenvalue weighted by Crippen LogP contribution is 2.08. The maximum atomic E-state index is 7.49. The van der Waals surface area contributed by atoms with Crippen molar-refractivity contribution in [2.45, 2.75) is 13.3 Å². The molecule has 0 radical (unpaired) electrons. The van der Waals surface area contributed by atoms with Crippen molar-refractivity contribution >= 4 is 0 Å².